The molecule has 0 bridgehead atoms. The van der Waals surface area contributed by atoms with E-state index in [-0.39, 0.29) is 18.4 Å². The summed E-state index contributed by atoms with van der Waals surface area (Å²) < 4.78 is 1.69. The molecule has 7 heteroatoms. The molecule has 1 heterocycles. The Hall–Kier alpha value is -3.90. The number of hydrogen-bond donors (Lipinski definition) is 2. The van der Waals surface area contributed by atoms with Gasteiger partial charge in [-0.2, -0.15) is 5.10 Å². The molecule has 160 valence electrons. The molecule has 0 saturated carbocycles. The minimum absolute atomic E-state index is 0.174. The summed E-state index contributed by atoms with van der Waals surface area (Å²) in [5.74, 6) is -0.435. The van der Waals surface area contributed by atoms with Gasteiger partial charge in [-0.05, 0) is 42.0 Å². The van der Waals surface area contributed by atoms with Gasteiger partial charge in [-0.1, -0.05) is 54.1 Å². The van der Waals surface area contributed by atoms with Crippen molar-refractivity contribution in [1.82, 2.24) is 20.4 Å². The minimum Gasteiger partial charge on any atom is -0.355 e. The molecule has 0 spiro atoms. The Morgan fingerprint density at radius 2 is 1.69 bits per heavy atom. The summed E-state index contributed by atoms with van der Waals surface area (Å²) in [6, 6.07) is 23.9. The molecule has 1 aromatic heterocycles. The summed E-state index contributed by atoms with van der Waals surface area (Å²) >= 11 is 6.03. The molecule has 3 aromatic carbocycles. The summed E-state index contributed by atoms with van der Waals surface area (Å²) in [5.41, 5.74) is 4.00. The number of carbonyl (C=O) groups is 2. The zero-order chi connectivity index (χ0) is 22.5. The molecule has 0 fully saturated rings. The number of nitrogens with one attached hydrogen (secondary N) is 2. The fourth-order valence-electron chi connectivity index (χ4n) is 3.32. The number of hydrogen-bond acceptors (Lipinski definition) is 3. The lowest BCUT2D eigenvalue weighted by Crippen LogP contribution is -2.23. The molecule has 6 nitrogen and oxygen atoms in total. The Bertz CT molecular complexity index is 1250. The van der Waals surface area contributed by atoms with Gasteiger partial charge in [0, 0.05) is 35.9 Å². The molecule has 4 aromatic rings. The minimum atomic E-state index is -0.262. The van der Waals surface area contributed by atoms with Crippen molar-refractivity contribution in [2.45, 2.75) is 6.54 Å². The first-order valence-corrected chi connectivity index (χ1v) is 10.4. The van der Waals surface area contributed by atoms with E-state index in [2.05, 4.69) is 15.7 Å². The molecule has 32 heavy (non-hydrogen) atoms. The third kappa shape index (κ3) is 4.71. The van der Waals surface area contributed by atoms with E-state index >= 15 is 0 Å². The van der Waals surface area contributed by atoms with Gasteiger partial charge in [0.1, 0.15) is 5.69 Å². The van der Waals surface area contributed by atoms with Crippen LogP contribution < -0.4 is 10.6 Å². The van der Waals surface area contributed by atoms with Crippen molar-refractivity contribution in [3.05, 3.63) is 107 Å². The topological polar surface area (TPSA) is 76.0 Å². The Labute approximate surface area is 190 Å². The highest BCUT2D eigenvalue weighted by Crippen LogP contribution is 2.25. The van der Waals surface area contributed by atoms with Crippen LogP contribution in [0.2, 0.25) is 5.02 Å². The number of aromatic nitrogens is 2. The number of halogens is 1. The molecule has 0 radical (unpaired) electrons. The first-order valence-electron chi connectivity index (χ1n) is 10.1. The number of para-hydroxylation sites is 1. The van der Waals surface area contributed by atoms with E-state index in [9.17, 15) is 9.59 Å². The average molecular weight is 445 g/mol. The number of nitrogens with zero attached hydrogens (tertiary/aromatic N) is 2. The van der Waals surface area contributed by atoms with Crippen LogP contribution in [0.15, 0.2) is 85.1 Å². The van der Waals surface area contributed by atoms with Crippen molar-refractivity contribution >= 4 is 23.4 Å². The molecule has 4 rings (SSSR count). The molecule has 0 aliphatic carbocycles. The van der Waals surface area contributed by atoms with Crippen molar-refractivity contribution in [1.29, 1.82) is 0 Å². The van der Waals surface area contributed by atoms with Gasteiger partial charge in [0.15, 0.2) is 0 Å². The molecular weight excluding hydrogens is 424 g/mol. The van der Waals surface area contributed by atoms with Gasteiger partial charge in [0.05, 0.1) is 11.3 Å². The molecule has 0 aliphatic rings. The van der Waals surface area contributed by atoms with Crippen molar-refractivity contribution in [3.8, 4) is 16.9 Å². The van der Waals surface area contributed by atoms with Crippen molar-refractivity contribution in [2.75, 3.05) is 7.05 Å². The van der Waals surface area contributed by atoms with Gasteiger partial charge < -0.3 is 10.6 Å². The predicted molar refractivity (Wildman–Crippen MR) is 125 cm³/mol. The average Bonchev–Trinajstić information content (AvgIpc) is 3.29. The van der Waals surface area contributed by atoms with Crippen LogP contribution in [0.4, 0.5) is 0 Å². The maximum absolute atomic E-state index is 13.1. The second-order valence-corrected chi connectivity index (χ2v) is 7.58. The van der Waals surface area contributed by atoms with Gasteiger partial charge >= 0.3 is 0 Å². The number of benzene rings is 3. The van der Waals surface area contributed by atoms with Gasteiger partial charge in [-0.3, -0.25) is 9.59 Å². The zero-order valence-electron chi connectivity index (χ0n) is 17.4. The van der Waals surface area contributed by atoms with Crippen LogP contribution >= 0.6 is 11.6 Å². The SMILES string of the molecule is CNC(=O)c1cccc(CNC(=O)c2cn(-c3ccccc3)nc2-c2ccc(Cl)cc2)c1. The Morgan fingerprint density at radius 3 is 2.41 bits per heavy atom. The monoisotopic (exact) mass is 444 g/mol. The fraction of sp³-hybridized carbons (Fsp3) is 0.0800. The van der Waals surface area contributed by atoms with E-state index in [1.54, 1.807) is 48.3 Å². The number of carbonyl (C=O) groups excluding carboxylic acids is 2. The highest BCUT2D eigenvalue weighted by Gasteiger charge is 2.19. The van der Waals surface area contributed by atoms with E-state index in [4.69, 9.17) is 11.6 Å². The molecule has 0 atom stereocenters. The second-order valence-electron chi connectivity index (χ2n) is 7.14. The lowest BCUT2D eigenvalue weighted by atomic mass is 10.1. The maximum Gasteiger partial charge on any atom is 0.255 e. The van der Waals surface area contributed by atoms with E-state index in [1.165, 1.54) is 0 Å². The molecule has 2 amide bonds. The van der Waals surface area contributed by atoms with Gasteiger partial charge in [-0.15, -0.1) is 0 Å². The van der Waals surface area contributed by atoms with Crippen LogP contribution in [0.3, 0.4) is 0 Å². The molecule has 0 saturated heterocycles. The van der Waals surface area contributed by atoms with E-state index in [0.29, 0.717) is 21.8 Å². The molecule has 0 aliphatic heterocycles. The van der Waals surface area contributed by atoms with E-state index in [0.717, 1.165) is 16.8 Å². The second kappa shape index (κ2) is 9.49. The molecular formula is C25H21ClN4O2. The number of rotatable bonds is 6. The van der Waals surface area contributed by atoms with E-state index in [1.807, 2.05) is 48.5 Å². The maximum atomic E-state index is 13.1. The smallest absolute Gasteiger partial charge is 0.255 e. The van der Waals surface area contributed by atoms with Crippen molar-refractivity contribution in [2.24, 2.45) is 0 Å². The molecule has 2 N–H and O–H groups in total. The molecule has 0 unspecified atom stereocenters. The predicted octanol–water partition coefficient (Wildman–Crippen LogP) is 4.48. The van der Waals surface area contributed by atoms with Gasteiger partial charge in [-0.25, -0.2) is 4.68 Å². The van der Waals surface area contributed by atoms with Crippen LogP contribution in [-0.2, 0) is 6.54 Å². The summed E-state index contributed by atoms with van der Waals surface area (Å²) in [4.78, 5) is 25.0. The zero-order valence-corrected chi connectivity index (χ0v) is 18.1. The lowest BCUT2D eigenvalue weighted by Gasteiger charge is -2.07. The fourth-order valence-corrected chi connectivity index (χ4v) is 3.44. The normalized spacial score (nSPS) is 10.6. The van der Waals surface area contributed by atoms with Crippen molar-refractivity contribution in [3.63, 3.8) is 0 Å². The third-order valence-corrected chi connectivity index (χ3v) is 5.22. The third-order valence-electron chi connectivity index (χ3n) is 4.97. The van der Waals surface area contributed by atoms with Gasteiger partial charge in [0.25, 0.3) is 11.8 Å². The Balaban J connectivity index is 1.63. The quantitative estimate of drug-likeness (QED) is 0.460. The van der Waals surface area contributed by atoms with Crippen LogP contribution in [0.5, 0.6) is 0 Å². The summed E-state index contributed by atoms with van der Waals surface area (Å²) in [5, 5.41) is 10.8. The first-order chi connectivity index (χ1) is 15.5. The van der Waals surface area contributed by atoms with Gasteiger partial charge in [0.2, 0.25) is 0 Å². The van der Waals surface area contributed by atoms with Crippen molar-refractivity contribution < 1.29 is 9.59 Å². The van der Waals surface area contributed by atoms with Crippen LogP contribution in [-0.4, -0.2) is 28.6 Å². The Kier molecular flexibility index (Phi) is 6.33. The summed E-state index contributed by atoms with van der Waals surface area (Å²) in [6.45, 7) is 0.278. The highest BCUT2D eigenvalue weighted by molar-refractivity contribution is 6.30. The van der Waals surface area contributed by atoms with Crippen LogP contribution in [0.1, 0.15) is 26.3 Å². The first kappa shape index (κ1) is 21.3. The number of amides is 2. The summed E-state index contributed by atoms with van der Waals surface area (Å²) in [7, 11) is 1.58. The van der Waals surface area contributed by atoms with Crippen LogP contribution in [0, 0.1) is 0 Å². The highest BCUT2D eigenvalue weighted by atomic mass is 35.5. The van der Waals surface area contributed by atoms with Crippen LogP contribution in [0.25, 0.3) is 16.9 Å². The summed E-state index contributed by atoms with van der Waals surface area (Å²) in [6.07, 6.45) is 1.72. The largest absolute Gasteiger partial charge is 0.355 e. The standard InChI is InChI=1S/C25H21ClN4O2/c1-27-24(31)19-7-5-6-17(14-19)15-28-25(32)22-16-30(21-8-3-2-4-9-21)29-23(22)18-10-12-20(26)13-11-18/h2-14,16H,15H2,1H3,(H,27,31)(H,28,32). The van der Waals surface area contributed by atoms with E-state index < -0.39 is 0 Å². The Morgan fingerprint density at radius 1 is 0.938 bits per heavy atom. The lowest BCUT2D eigenvalue weighted by molar-refractivity contribution is 0.0949.